The molecule has 0 aromatic heterocycles. The van der Waals surface area contributed by atoms with Crippen molar-refractivity contribution in [2.75, 3.05) is 0 Å². The molecule has 2 unspecified atom stereocenters. The Morgan fingerprint density at radius 1 is 1.13 bits per heavy atom. The predicted molar refractivity (Wildman–Crippen MR) is 60.6 cm³/mol. The van der Waals surface area contributed by atoms with Gasteiger partial charge in [-0.25, -0.2) is 0 Å². The summed E-state index contributed by atoms with van der Waals surface area (Å²) in [6.07, 6.45) is 5.94. The van der Waals surface area contributed by atoms with E-state index in [1.807, 2.05) is 0 Å². The lowest BCUT2D eigenvalue weighted by Crippen LogP contribution is -2.61. The van der Waals surface area contributed by atoms with Gasteiger partial charge >= 0.3 is 0 Å². The van der Waals surface area contributed by atoms with E-state index < -0.39 is 0 Å². The first-order valence-electron chi connectivity index (χ1n) is 6.54. The predicted octanol–water partition coefficient (Wildman–Crippen LogP) is 1.92. The number of nitrogens with one attached hydrogen (secondary N) is 1. The molecule has 4 rings (SSSR count). The fourth-order valence-electron chi connectivity index (χ4n) is 4.64. The van der Waals surface area contributed by atoms with Crippen molar-refractivity contribution >= 4 is 0 Å². The maximum Gasteiger partial charge on any atom is 0.0657 e. The summed E-state index contributed by atoms with van der Waals surface area (Å²) in [5.74, 6) is 2.34. The summed E-state index contributed by atoms with van der Waals surface area (Å²) in [6.45, 7) is 4.47. The molecule has 4 fully saturated rings. The molecule has 4 bridgehead atoms. The SMILES string of the molecule is CC(C)N[C@H]1C2CC3CC1C[C@](O)(C3)C2. The Morgan fingerprint density at radius 3 is 2.20 bits per heavy atom. The molecule has 86 valence electrons. The van der Waals surface area contributed by atoms with Crippen LogP contribution in [0.25, 0.3) is 0 Å². The molecule has 0 amide bonds. The van der Waals surface area contributed by atoms with E-state index in [0.717, 1.165) is 37.0 Å². The number of aliphatic hydroxyl groups is 1. The van der Waals surface area contributed by atoms with Gasteiger partial charge in [0.2, 0.25) is 0 Å². The van der Waals surface area contributed by atoms with Crippen molar-refractivity contribution in [2.45, 2.75) is 63.6 Å². The van der Waals surface area contributed by atoms with Crippen molar-refractivity contribution in [3.63, 3.8) is 0 Å². The van der Waals surface area contributed by atoms with Gasteiger partial charge in [0.25, 0.3) is 0 Å². The first kappa shape index (κ1) is 10.1. The minimum absolute atomic E-state index is 0.272. The van der Waals surface area contributed by atoms with Crippen LogP contribution in [0.4, 0.5) is 0 Å². The zero-order valence-electron chi connectivity index (χ0n) is 9.87. The maximum atomic E-state index is 10.4. The Labute approximate surface area is 92.4 Å². The highest BCUT2D eigenvalue weighted by atomic mass is 16.3. The van der Waals surface area contributed by atoms with Crippen molar-refractivity contribution in [3.8, 4) is 0 Å². The fraction of sp³-hybridized carbons (Fsp3) is 1.00. The zero-order valence-corrected chi connectivity index (χ0v) is 9.87. The molecule has 0 heterocycles. The minimum atomic E-state index is -0.272. The smallest absolute Gasteiger partial charge is 0.0657 e. The summed E-state index contributed by atoms with van der Waals surface area (Å²) in [5, 5.41) is 14.2. The highest BCUT2D eigenvalue weighted by Crippen LogP contribution is 2.55. The number of rotatable bonds is 2. The molecular formula is C13H23NO. The van der Waals surface area contributed by atoms with Crippen LogP contribution in [-0.2, 0) is 0 Å². The lowest BCUT2D eigenvalue weighted by molar-refractivity contribution is -0.139. The van der Waals surface area contributed by atoms with Gasteiger partial charge in [-0.3, -0.25) is 0 Å². The molecule has 2 heteroatoms. The average molecular weight is 209 g/mol. The highest BCUT2D eigenvalue weighted by molar-refractivity contribution is 5.08. The van der Waals surface area contributed by atoms with E-state index >= 15 is 0 Å². The molecule has 0 aromatic rings. The van der Waals surface area contributed by atoms with Crippen LogP contribution in [-0.4, -0.2) is 22.8 Å². The summed E-state index contributed by atoms with van der Waals surface area (Å²) in [5.41, 5.74) is -0.272. The van der Waals surface area contributed by atoms with Crippen LogP contribution < -0.4 is 5.32 Å². The Balaban J connectivity index is 1.79. The normalized spacial score (nSPS) is 52.8. The summed E-state index contributed by atoms with van der Waals surface area (Å²) in [4.78, 5) is 0. The van der Waals surface area contributed by atoms with Gasteiger partial charge in [-0.1, -0.05) is 13.8 Å². The topological polar surface area (TPSA) is 32.3 Å². The standard InChI is InChI=1S/C13H23NO/c1-8(2)14-12-10-3-9-4-11(12)7-13(15,5-9)6-10/h8-12,14-15H,3-7H2,1-2H3/t9?,10?,11?,12-,13-. The van der Waals surface area contributed by atoms with Crippen LogP contribution in [0.1, 0.15) is 46.0 Å². The molecule has 2 atom stereocenters. The van der Waals surface area contributed by atoms with Gasteiger partial charge in [-0.05, 0) is 49.9 Å². The van der Waals surface area contributed by atoms with E-state index in [-0.39, 0.29) is 5.60 Å². The highest BCUT2D eigenvalue weighted by Gasteiger charge is 2.54. The third-order valence-corrected chi connectivity index (χ3v) is 4.77. The largest absolute Gasteiger partial charge is 0.390 e. The summed E-state index contributed by atoms with van der Waals surface area (Å²) in [6, 6.07) is 1.28. The fourth-order valence-corrected chi connectivity index (χ4v) is 4.64. The zero-order chi connectivity index (χ0) is 10.6. The van der Waals surface area contributed by atoms with Gasteiger partial charge in [0.1, 0.15) is 0 Å². The molecule has 4 aliphatic carbocycles. The van der Waals surface area contributed by atoms with Crippen molar-refractivity contribution in [3.05, 3.63) is 0 Å². The summed E-state index contributed by atoms with van der Waals surface area (Å²) in [7, 11) is 0. The molecular weight excluding hydrogens is 186 g/mol. The Kier molecular flexibility index (Phi) is 2.16. The molecule has 4 saturated carbocycles. The van der Waals surface area contributed by atoms with Gasteiger partial charge < -0.3 is 10.4 Å². The van der Waals surface area contributed by atoms with Gasteiger partial charge in [-0.2, -0.15) is 0 Å². The van der Waals surface area contributed by atoms with Crippen molar-refractivity contribution in [1.82, 2.24) is 5.32 Å². The lowest BCUT2D eigenvalue weighted by atomic mass is 9.52. The van der Waals surface area contributed by atoms with E-state index in [2.05, 4.69) is 19.2 Å². The molecule has 0 radical (unpaired) electrons. The third-order valence-electron chi connectivity index (χ3n) is 4.77. The third kappa shape index (κ3) is 1.62. The quantitative estimate of drug-likeness (QED) is 0.728. The van der Waals surface area contributed by atoms with Crippen molar-refractivity contribution in [2.24, 2.45) is 17.8 Å². The van der Waals surface area contributed by atoms with Crippen LogP contribution in [0.3, 0.4) is 0 Å². The van der Waals surface area contributed by atoms with Crippen LogP contribution in [0, 0.1) is 17.8 Å². The molecule has 4 aliphatic rings. The number of hydrogen-bond donors (Lipinski definition) is 2. The van der Waals surface area contributed by atoms with Gasteiger partial charge in [-0.15, -0.1) is 0 Å². The molecule has 0 saturated heterocycles. The van der Waals surface area contributed by atoms with E-state index in [1.54, 1.807) is 0 Å². The first-order valence-corrected chi connectivity index (χ1v) is 6.54. The first-order chi connectivity index (χ1) is 7.06. The van der Waals surface area contributed by atoms with Gasteiger partial charge in [0.15, 0.2) is 0 Å². The Morgan fingerprint density at radius 2 is 1.73 bits per heavy atom. The van der Waals surface area contributed by atoms with E-state index in [0.29, 0.717) is 12.1 Å². The van der Waals surface area contributed by atoms with Crippen LogP contribution >= 0.6 is 0 Å². The summed E-state index contributed by atoms with van der Waals surface area (Å²) < 4.78 is 0. The molecule has 0 aromatic carbocycles. The van der Waals surface area contributed by atoms with E-state index in [1.165, 1.54) is 12.8 Å². The average Bonchev–Trinajstić information content (AvgIpc) is 2.08. The summed E-state index contributed by atoms with van der Waals surface area (Å²) >= 11 is 0. The molecule has 15 heavy (non-hydrogen) atoms. The van der Waals surface area contributed by atoms with Gasteiger partial charge in [0.05, 0.1) is 5.60 Å². The monoisotopic (exact) mass is 209 g/mol. The second kappa shape index (κ2) is 3.21. The van der Waals surface area contributed by atoms with Gasteiger partial charge in [0, 0.05) is 12.1 Å². The Bertz CT molecular complexity index is 247. The molecule has 0 spiro atoms. The molecule has 2 nitrogen and oxygen atoms in total. The van der Waals surface area contributed by atoms with Crippen LogP contribution in [0.2, 0.25) is 0 Å². The Hall–Kier alpha value is -0.0800. The second-order valence-corrected chi connectivity index (χ2v) is 6.54. The maximum absolute atomic E-state index is 10.4. The number of hydrogen-bond acceptors (Lipinski definition) is 2. The minimum Gasteiger partial charge on any atom is -0.390 e. The lowest BCUT2D eigenvalue weighted by Gasteiger charge is -2.58. The van der Waals surface area contributed by atoms with E-state index in [9.17, 15) is 5.11 Å². The van der Waals surface area contributed by atoms with Crippen molar-refractivity contribution < 1.29 is 5.11 Å². The molecule has 2 N–H and O–H groups in total. The molecule has 0 aliphatic heterocycles. The van der Waals surface area contributed by atoms with Crippen LogP contribution in [0.15, 0.2) is 0 Å². The van der Waals surface area contributed by atoms with Crippen molar-refractivity contribution in [1.29, 1.82) is 0 Å². The van der Waals surface area contributed by atoms with E-state index in [4.69, 9.17) is 0 Å². The second-order valence-electron chi connectivity index (χ2n) is 6.54. The van der Waals surface area contributed by atoms with Crippen LogP contribution in [0.5, 0.6) is 0 Å².